The van der Waals surface area contributed by atoms with E-state index >= 15 is 0 Å². The van der Waals surface area contributed by atoms with Crippen molar-refractivity contribution in [3.63, 3.8) is 0 Å². The molecule has 3 rings (SSSR count). The predicted molar refractivity (Wildman–Crippen MR) is 89.6 cm³/mol. The molecule has 0 aliphatic heterocycles. The Bertz CT molecular complexity index is 655. The van der Waals surface area contributed by atoms with Gasteiger partial charge in [-0.3, -0.25) is 0 Å². The van der Waals surface area contributed by atoms with E-state index in [1.165, 1.54) is 32.1 Å². The monoisotopic (exact) mass is 296 g/mol. The van der Waals surface area contributed by atoms with Crippen LogP contribution in [0.15, 0.2) is 36.4 Å². The maximum absolute atomic E-state index is 10.4. The third-order valence-corrected chi connectivity index (χ3v) is 4.82. The van der Waals surface area contributed by atoms with Crippen molar-refractivity contribution in [2.24, 2.45) is 0 Å². The number of hydrogen-bond donors (Lipinski definition) is 2. The molecule has 116 valence electrons. The Labute approximate surface area is 132 Å². The molecule has 2 aromatic rings. The van der Waals surface area contributed by atoms with E-state index in [0.29, 0.717) is 23.8 Å². The fraction of sp³-hybridized carbons (Fsp3) is 0.400. The summed E-state index contributed by atoms with van der Waals surface area (Å²) in [5.74, 6) is 1.29. The summed E-state index contributed by atoms with van der Waals surface area (Å²) in [7, 11) is 0. The minimum Gasteiger partial charge on any atom is -0.508 e. The molecule has 0 unspecified atom stereocenters. The van der Waals surface area contributed by atoms with Crippen molar-refractivity contribution in [1.29, 1.82) is 0 Å². The molecular formula is C20H24O2. The van der Waals surface area contributed by atoms with Crippen LogP contribution < -0.4 is 0 Å². The zero-order valence-electron chi connectivity index (χ0n) is 13.2. The lowest BCUT2D eigenvalue weighted by atomic mass is 9.82. The van der Waals surface area contributed by atoms with Crippen molar-refractivity contribution >= 4 is 0 Å². The van der Waals surface area contributed by atoms with Gasteiger partial charge in [0.2, 0.25) is 0 Å². The summed E-state index contributed by atoms with van der Waals surface area (Å²) in [6.45, 7) is 1.97. The molecule has 1 saturated carbocycles. The Morgan fingerprint density at radius 1 is 1.00 bits per heavy atom. The molecule has 0 atom stereocenters. The van der Waals surface area contributed by atoms with Crippen LogP contribution in [-0.4, -0.2) is 10.2 Å². The molecule has 1 aliphatic carbocycles. The largest absolute Gasteiger partial charge is 0.508 e. The van der Waals surface area contributed by atoms with Crippen molar-refractivity contribution in [2.45, 2.75) is 51.4 Å². The van der Waals surface area contributed by atoms with Crippen LogP contribution in [0.25, 0.3) is 0 Å². The fourth-order valence-electron chi connectivity index (χ4n) is 3.59. The molecule has 1 aliphatic rings. The second-order valence-corrected chi connectivity index (χ2v) is 6.49. The SMILES string of the molecule is Cc1cc(Cc2ccccc2O)cc(C2CCCCC2)c1O. The first kappa shape index (κ1) is 15.0. The van der Waals surface area contributed by atoms with Crippen LogP contribution in [0.2, 0.25) is 0 Å². The van der Waals surface area contributed by atoms with E-state index in [9.17, 15) is 10.2 Å². The van der Waals surface area contributed by atoms with Gasteiger partial charge in [0.05, 0.1) is 0 Å². The highest BCUT2D eigenvalue weighted by atomic mass is 16.3. The zero-order valence-corrected chi connectivity index (χ0v) is 13.2. The van der Waals surface area contributed by atoms with Crippen molar-refractivity contribution < 1.29 is 10.2 Å². The Morgan fingerprint density at radius 3 is 2.45 bits per heavy atom. The molecule has 0 spiro atoms. The summed E-state index contributed by atoms with van der Waals surface area (Å²) < 4.78 is 0. The second kappa shape index (κ2) is 6.43. The van der Waals surface area contributed by atoms with E-state index in [2.05, 4.69) is 6.07 Å². The molecule has 0 saturated heterocycles. The highest BCUT2D eigenvalue weighted by molar-refractivity contribution is 5.47. The number of para-hydroxylation sites is 1. The first-order valence-electron chi connectivity index (χ1n) is 8.24. The van der Waals surface area contributed by atoms with Gasteiger partial charge < -0.3 is 10.2 Å². The molecule has 0 aromatic heterocycles. The van der Waals surface area contributed by atoms with E-state index in [0.717, 1.165) is 22.3 Å². The highest BCUT2D eigenvalue weighted by Gasteiger charge is 2.20. The summed E-state index contributed by atoms with van der Waals surface area (Å²) in [6, 6.07) is 11.7. The molecule has 2 aromatic carbocycles. The number of aryl methyl sites for hydroxylation is 1. The van der Waals surface area contributed by atoms with Gasteiger partial charge in [-0.1, -0.05) is 49.6 Å². The lowest BCUT2D eigenvalue weighted by Gasteiger charge is -2.24. The fourth-order valence-corrected chi connectivity index (χ4v) is 3.59. The van der Waals surface area contributed by atoms with Crippen LogP contribution in [-0.2, 0) is 6.42 Å². The molecule has 2 nitrogen and oxygen atoms in total. The molecule has 0 radical (unpaired) electrons. The zero-order chi connectivity index (χ0) is 15.5. The summed E-state index contributed by atoms with van der Waals surface area (Å²) in [4.78, 5) is 0. The number of hydrogen-bond acceptors (Lipinski definition) is 2. The molecular weight excluding hydrogens is 272 g/mol. The molecule has 1 fully saturated rings. The minimum atomic E-state index is 0.340. The van der Waals surface area contributed by atoms with Crippen molar-refractivity contribution in [1.82, 2.24) is 0 Å². The van der Waals surface area contributed by atoms with E-state index < -0.39 is 0 Å². The quantitative estimate of drug-likeness (QED) is 0.832. The standard InChI is InChI=1S/C20H24O2/c1-14-11-15(12-17-9-5-6-10-19(17)21)13-18(20(14)22)16-7-3-2-4-8-16/h5-6,9-11,13,16,21-22H,2-4,7-8,12H2,1H3. The maximum Gasteiger partial charge on any atom is 0.121 e. The average molecular weight is 296 g/mol. The third kappa shape index (κ3) is 3.11. The van der Waals surface area contributed by atoms with E-state index in [4.69, 9.17) is 0 Å². The lowest BCUT2D eigenvalue weighted by molar-refractivity contribution is 0.412. The first-order valence-corrected chi connectivity index (χ1v) is 8.24. The minimum absolute atomic E-state index is 0.340. The van der Waals surface area contributed by atoms with Crippen LogP contribution in [0.1, 0.15) is 60.3 Å². The van der Waals surface area contributed by atoms with Crippen molar-refractivity contribution in [3.05, 3.63) is 58.7 Å². The number of phenolic OH excluding ortho intramolecular Hbond substituents is 2. The molecule has 0 bridgehead atoms. The summed E-state index contributed by atoms with van der Waals surface area (Å²) >= 11 is 0. The van der Waals surface area contributed by atoms with Gasteiger partial charge in [-0.25, -0.2) is 0 Å². The Morgan fingerprint density at radius 2 is 1.73 bits per heavy atom. The van der Waals surface area contributed by atoms with Crippen LogP contribution >= 0.6 is 0 Å². The van der Waals surface area contributed by atoms with Gasteiger partial charge in [-0.15, -0.1) is 0 Å². The average Bonchev–Trinajstić information content (AvgIpc) is 2.54. The van der Waals surface area contributed by atoms with E-state index in [1.54, 1.807) is 6.07 Å². The second-order valence-electron chi connectivity index (χ2n) is 6.49. The van der Waals surface area contributed by atoms with Crippen LogP contribution in [0.5, 0.6) is 11.5 Å². The molecule has 22 heavy (non-hydrogen) atoms. The topological polar surface area (TPSA) is 40.5 Å². The molecule has 2 N–H and O–H groups in total. The Balaban J connectivity index is 1.92. The Hall–Kier alpha value is -1.96. The summed E-state index contributed by atoms with van der Waals surface area (Å²) in [5.41, 5.74) is 4.14. The van der Waals surface area contributed by atoms with Gasteiger partial charge >= 0.3 is 0 Å². The number of rotatable bonds is 3. The molecule has 0 amide bonds. The first-order chi connectivity index (χ1) is 10.6. The lowest BCUT2D eigenvalue weighted by Crippen LogP contribution is -2.06. The normalized spacial score (nSPS) is 15.9. The number of aromatic hydroxyl groups is 2. The molecule has 0 heterocycles. The van der Waals surface area contributed by atoms with Gasteiger partial charge in [-0.2, -0.15) is 0 Å². The van der Waals surface area contributed by atoms with Gasteiger partial charge in [0.1, 0.15) is 11.5 Å². The van der Waals surface area contributed by atoms with Gasteiger partial charge in [0, 0.05) is 6.42 Å². The van der Waals surface area contributed by atoms with Crippen LogP contribution in [0, 0.1) is 6.92 Å². The predicted octanol–water partition coefficient (Wildman–Crippen LogP) is 5.04. The summed E-state index contributed by atoms with van der Waals surface area (Å²) in [5, 5.41) is 20.4. The van der Waals surface area contributed by atoms with E-state index in [-0.39, 0.29) is 0 Å². The number of phenols is 2. The smallest absolute Gasteiger partial charge is 0.121 e. The van der Waals surface area contributed by atoms with Crippen molar-refractivity contribution in [2.75, 3.05) is 0 Å². The van der Waals surface area contributed by atoms with Gasteiger partial charge in [-0.05, 0) is 54.0 Å². The number of benzene rings is 2. The summed E-state index contributed by atoms with van der Waals surface area (Å²) in [6.07, 6.45) is 6.88. The van der Waals surface area contributed by atoms with Gasteiger partial charge in [0.15, 0.2) is 0 Å². The third-order valence-electron chi connectivity index (χ3n) is 4.82. The van der Waals surface area contributed by atoms with Crippen LogP contribution in [0.3, 0.4) is 0 Å². The van der Waals surface area contributed by atoms with Gasteiger partial charge in [0.25, 0.3) is 0 Å². The van der Waals surface area contributed by atoms with Crippen LogP contribution in [0.4, 0.5) is 0 Å². The highest BCUT2D eigenvalue weighted by Crippen LogP contribution is 2.39. The maximum atomic E-state index is 10.4. The molecule has 2 heteroatoms. The Kier molecular flexibility index (Phi) is 4.37. The van der Waals surface area contributed by atoms with Crippen molar-refractivity contribution in [3.8, 4) is 11.5 Å². The van der Waals surface area contributed by atoms with E-state index in [1.807, 2.05) is 31.2 Å².